The molecule has 3 atom stereocenters. The largest absolute Gasteiger partial charge is 0.487 e. The molecule has 33 heavy (non-hydrogen) atoms. The number of benzene rings is 2. The topological polar surface area (TPSA) is 79.5 Å². The lowest BCUT2D eigenvalue weighted by molar-refractivity contribution is -0.121. The number of carbonyl (C=O) groups excluding carboxylic acids is 2. The molecule has 0 aromatic heterocycles. The standard InChI is InChI=1S/C26H32FN3O3/c1-14-9-19-11-20(13-28-25(32)8-6-21-15(2)29-30-16(21)3)33-26(19)23(10-14)22-12-18(17(4)31)5-7-24(22)27/h5,7,9-10,12,15-16,20-21,29-30H,6,8,11,13H2,1-4H3,(H,28,32). The number of fused-ring (bicyclic) bond motifs is 1. The van der Waals surface area contributed by atoms with E-state index in [1.54, 1.807) is 6.07 Å². The number of amides is 1. The number of aryl methyl sites for hydroxylation is 1. The maximum absolute atomic E-state index is 14.7. The predicted octanol–water partition coefficient (Wildman–Crippen LogP) is 3.70. The molecule has 176 valence electrons. The van der Waals surface area contributed by atoms with Gasteiger partial charge >= 0.3 is 0 Å². The highest BCUT2D eigenvalue weighted by molar-refractivity contribution is 5.95. The number of ether oxygens (including phenoxy) is 1. The molecule has 7 heteroatoms. The highest BCUT2D eigenvalue weighted by Crippen LogP contribution is 2.41. The van der Waals surface area contributed by atoms with E-state index in [0.29, 0.717) is 59.8 Å². The summed E-state index contributed by atoms with van der Waals surface area (Å²) >= 11 is 0. The summed E-state index contributed by atoms with van der Waals surface area (Å²) in [5, 5.41) is 3.00. The van der Waals surface area contributed by atoms with E-state index >= 15 is 0 Å². The molecule has 4 rings (SSSR count). The first-order chi connectivity index (χ1) is 15.7. The van der Waals surface area contributed by atoms with Crippen LogP contribution in [-0.4, -0.2) is 36.4 Å². The van der Waals surface area contributed by atoms with Crippen molar-refractivity contribution in [2.75, 3.05) is 6.54 Å². The van der Waals surface area contributed by atoms with Crippen molar-refractivity contribution in [1.29, 1.82) is 0 Å². The van der Waals surface area contributed by atoms with Crippen LogP contribution in [0.4, 0.5) is 4.39 Å². The first kappa shape index (κ1) is 23.4. The van der Waals surface area contributed by atoms with Crippen LogP contribution in [0.2, 0.25) is 0 Å². The minimum Gasteiger partial charge on any atom is -0.487 e. The summed E-state index contributed by atoms with van der Waals surface area (Å²) in [6, 6.07) is 9.00. The van der Waals surface area contributed by atoms with Gasteiger partial charge in [-0.25, -0.2) is 4.39 Å². The summed E-state index contributed by atoms with van der Waals surface area (Å²) in [4.78, 5) is 24.3. The van der Waals surface area contributed by atoms with Gasteiger partial charge in [0.1, 0.15) is 17.7 Å². The average Bonchev–Trinajstić information content (AvgIpc) is 3.32. The zero-order chi connectivity index (χ0) is 23.7. The third-order valence-corrected chi connectivity index (χ3v) is 6.76. The van der Waals surface area contributed by atoms with E-state index in [-0.39, 0.29) is 17.8 Å². The van der Waals surface area contributed by atoms with Crippen molar-refractivity contribution in [1.82, 2.24) is 16.2 Å². The van der Waals surface area contributed by atoms with Crippen molar-refractivity contribution in [3.8, 4) is 16.9 Å². The first-order valence-corrected chi connectivity index (χ1v) is 11.6. The Morgan fingerprint density at radius 2 is 1.85 bits per heavy atom. The number of Topliss-reactive ketones (excluding diaryl/α,β-unsaturated/α-hetero) is 1. The van der Waals surface area contributed by atoms with Crippen molar-refractivity contribution in [2.45, 2.75) is 65.1 Å². The second kappa shape index (κ2) is 9.61. The number of ketones is 1. The molecule has 0 aliphatic carbocycles. The van der Waals surface area contributed by atoms with Gasteiger partial charge in [-0.2, -0.15) is 0 Å². The molecule has 1 saturated heterocycles. The monoisotopic (exact) mass is 453 g/mol. The summed E-state index contributed by atoms with van der Waals surface area (Å²) in [6.45, 7) is 8.07. The molecule has 2 aromatic rings. The fraction of sp³-hybridized carbons (Fsp3) is 0.462. The van der Waals surface area contributed by atoms with E-state index in [4.69, 9.17) is 4.74 Å². The minimum absolute atomic E-state index is 0.0115. The summed E-state index contributed by atoms with van der Waals surface area (Å²) in [5.74, 6) is 0.541. The van der Waals surface area contributed by atoms with Crippen LogP contribution >= 0.6 is 0 Å². The van der Waals surface area contributed by atoms with Gasteiger partial charge in [0.15, 0.2) is 5.78 Å². The summed E-state index contributed by atoms with van der Waals surface area (Å²) in [7, 11) is 0. The Balaban J connectivity index is 1.42. The second-order valence-corrected chi connectivity index (χ2v) is 9.37. The Hall–Kier alpha value is -2.77. The van der Waals surface area contributed by atoms with Crippen molar-refractivity contribution in [3.05, 3.63) is 52.8 Å². The third kappa shape index (κ3) is 5.09. The zero-order valence-corrected chi connectivity index (χ0v) is 19.6. The highest BCUT2D eigenvalue weighted by atomic mass is 19.1. The lowest BCUT2D eigenvalue weighted by Crippen LogP contribution is -2.35. The molecule has 0 saturated carbocycles. The van der Waals surface area contributed by atoms with Gasteiger partial charge in [0.05, 0.1) is 6.54 Å². The average molecular weight is 454 g/mol. The van der Waals surface area contributed by atoms with Gasteiger partial charge in [0.25, 0.3) is 0 Å². The number of rotatable bonds is 7. The van der Waals surface area contributed by atoms with E-state index in [9.17, 15) is 14.0 Å². The molecule has 1 amide bonds. The van der Waals surface area contributed by atoms with Gasteiger partial charge in [0.2, 0.25) is 5.91 Å². The normalized spacial score (nSPS) is 23.8. The summed E-state index contributed by atoms with van der Waals surface area (Å²) < 4.78 is 20.9. The lowest BCUT2D eigenvalue weighted by Gasteiger charge is -2.18. The van der Waals surface area contributed by atoms with E-state index in [0.717, 1.165) is 17.5 Å². The third-order valence-electron chi connectivity index (χ3n) is 6.76. The van der Waals surface area contributed by atoms with Gasteiger partial charge in [0, 0.05) is 41.6 Å². The molecule has 0 bridgehead atoms. The Morgan fingerprint density at radius 3 is 2.55 bits per heavy atom. The molecule has 2 aliphatic heterocycles. The molecule has 3 N–H and O–H groups in total. The summed E-state index contributed by atoms with van der Waals surface area (Å²) in [5.41, 5.74) is 9.88. The molecule has 2 aliphatic rings. The van der Waals surface area contributed by atoms with Gasteiger partial charge < -0.3 is 10.1 Å². The fourth-order valence-electron chi connectivity index (χ4n) is 4.88. The van der Waals surface area contributed by atoms with E-state index in [2.05, 4.69) is 30.0 Å². The zero-order valence-electron chi connectivity index (χ0n) is 19.6. The molecule has 3 unspecified atom stereocenters. The first-order valence-electron chi connectivity index (χ1n) is 11.6. The molecule has 0 spiro atoms. The van der Waals surface area contributed by atoms with Crippen molar-refractivity contribution < 1.29 is 18.7 Å². The van der Waals surface area contributed by atoms with E-state index in [1.807, 2.05) is 19.1 Å². The van der Waals surface area contributed by atoms with Crippen molar-refractivity contribution >= 4 is 11.7 Å². The molecule has 0 radical (unpaired) electrons. The summed E-state index contributed by atoms with van der Waals surface area (Å²) in [6.07, 6.45) is 1.71. The number of hydrogen-bond acceptors (Lipinski definition) is 5. The lowest BCUT2D eigenvalue weighted by atomic mass is 9.91. The molecule has 2 aromatic carbocycles. The van der Waals surface area contributed by atoms with Gasteiger partial charge in [-0.05, 0) is 75.4 Å². The van der Waals surface area contributed by atoms with E-state index in [1.165, 1.54) is 19.1 Å². The quantitative estimate of drug-likeness (QED) is 0.557. The smallest absolute Gasteiger partial charge is 0.220 e. The van der Waals surface area contributed by atoms with Crippen LogP contribution in [0.25, 0.3) is 11.1 Å². The van der Waals surface area contributed by atoms with Gasteiger partial charge in [-0.3, -0.25) is 20.4 Å². The second-order valence-electron chi connectivity index (χ2n) is 9.37. The SMILES string of the molecule is CC(=O)c1ccc(F)c(-c2cc(C)cc3c2OC(CNC(=O)CCC2C(C)NNC2C)C3)c1. The van der Waals surface area contributed by atoms with Crippen LogP contribution in [0.1, 0.15) is 55.1 Å². The van der Waals surface area contributed by atoms with Crippen LogP contribution in [0, 0.1) is 18.7 Å². The minimum atomic E-state index is -0.396. The van der Waals surface area contributed by atoms with Gasteiger partial charge in [-0.1, -0.05) is 6.07 Å². The molecular weight excluding hydrogens is 421 g/mol. The molecule has 1 fully saturated rings. The Kier molecular flexibility index (Phi) is 6.81. The Bertz CT molecular complexity index is 1060. The van der Waals surface area contributed by atoms with Crippen LogP contribution < -0.4 is 20.9 Å². The van der Waals surface area contributed by atoms with Gasteiger partial charge in [-0.15, -0.1) is 0 Å². The van der Waals surface area contributed by atoms with Crippen LogP contribution in [-0.2, 0) is 11.2 Å². The van der Waals surface area contributed by atoms with Crippen molar-refractivity contribution in [3.63, 3.8) is 0 Å². The molecule has 6 nitrogen and oxygen atoms in total. The van der Waals surface area contributed by atoms with Crippen LogP contribution in [0.3, 0.4) is 0 Å². The number of hydrogen-bond donors (Lipinski definition) is 3. The maximum Gasteiger partial charge on any atom is 0.220 e. The number of halogens is 1. The number of hydrazine groups is 1. The predicted molar refractivity (Wildman–Crippen MR) is 126 cm³/mol. The Labute approximate surface area is 194 Å². The molecular formula is C26H32FN3O3. The maximum atomic E-state index is 14.7. The Morgan fingerprint density at radius 1 is 1.12 bits per heavy atom. The van der Waals surface area contributed by atoms with Crippen LogP contribution in [0.5, 0.6) is 5.75 Å². The highest BCUT2D eigenvalue weighted by Gasteiger charge is 2.31. The fourth-order valence-corrected chi connectivity index (χ4v) is 4.88. The number of nitrogens with one attached hydrogen (secondary N) is 3. The van der Waals surface area contributed by atoms with E-state index < -0.39 is 5.82 Å². The molecule has 2 heterocycles. The number of carbonyl (C=O) groups is 2. The van der Waals surface area contributed by atoms with Crippen LogP contribution in [0.15, 0.2) is 30.3 Å². The van der Waals surface area contributed by atoms with Crippen molar-refractivity contribution in [2.24, 2.45) is 5.92 Å².